The molecule has 33 heavy (non-hydrogen) atoms. The van der Waals surface area contributed by atoms with Gasteiger partial charge < -0.3 is 19.7 Å². The summed E-state index contributed by atoms with van der Waals surface area (Å²) in [5.74, 6) is 3.45. The highest BCUT2D eigenvalue weighted by molar-refractivity contribution is 5.79. The lowest BCUT2D eigenvalue weighted by Gasteiger charge is -2.37. The van der Waals surface area contributed by atoms with Crippen molar-refractivity contribution in [2.24, 2.45) is 11.8 Å². The highest BCUT2D eigenvalue weighted by atomic mass is 16.5. The van der Waals surface area contributed by atoms with Crippen LogP contribution in [0.2, 0.25) is 0 Å². The maximum atomic E-state index is 12.5. The van der Waals surface area contributed by atoms with Crippen molar-refractivity contribution in [2.75, 3.05) is 57.4 Å². The normalized spacial score (nSPS) is 26.6. The molecule has 4 heterocycles. The number of rotatable bonds is 6. The van der Waals surface area contributed by atoms with E-state index < -0.39 is 0 Å². The Bertz CT molecular complexity index is 810. The number of anilines is 1. The Kier molecular flexibility index (Phi) is 7.36. The van der Waals surface area contributed by atoms with E-state index in [0.29, 0.717) is 6.04 Å². The largest absolute Gasteiger partial charge is 0.492 e. The molecule has 3 aliphatic heterocycles. The molecular weight excluding hydrogens is 416 g/mol. The summed E-state index contributed by atoms with van der Waals surface area (Å²) >= 11 is 0. The average molecular weight is 457 g/mol. The average Bonchev–Trinajstić information content (AvgIpc) is 3.36. The quantitative estimate of drug-likeness (QED) is 0.710. The van der Waals surface area contributed by atoms with Gasteiger partial charge in [0.05, 0.1) is 6.61 Å². The molecule has 0 spiro atoms. The lowest BCUT2D eigenvalue weighted by Crippen LogP contribution is -2.47. The Hall–Kier alpha value is -1.86. The summed E-state index contributed by atoms with van der Waals surface area (Å²) in [5, 5.41) is 3.33. The predicted octanol–water partition coefficient (Wildman–Crippen LogP) is 2.94. The van der Waals surface area contributed by atoms with Crippen LogP contribution in [0.25, 0.3) is 0 Å². The Labute approximate surface area is 198 Å². The van der Waals surface area contributed by atoms with Gasteiger partial charge in [0.15, 0.2) is 0 Å². The summed E-state index contributed by atoms with van der Waals surface area (Å²) in [7, 11) is 0. The first kappa shape index (κ1) is 22.9. The standard InChI is InChI=1S/C26H40N4O3/c1-19-18-27-25(23-9-17-33-24(19)23)30-13-11-29(12-14-30)10-6-20-2-4-22(5-3-20)28-26(31)21-7-15-32-16-8-21/h18,20-22H,2-17H2,1H3,(H,28,31). The minimum atomic E-state index is 0.166. The molecule has 1 saturated carbocycles. The smallest absolute Gasteiger partial charge is 0.223 e. The maximum Gasteiger partial charge on any atom is 0.223 e. The minimum absolute atomic E-state index is 0.166. The van der Waals surface area contributed by atoms with Crippen LogP contribution in [0.3, 0.4) is 0 Å². The van der Waals surface area contributed by atoms with Crippen LogP contribution in [0.1, 0.15) is 56.1 Å². The summed E-state index contributed by atoms with van der Waals surface area (Å²) in [6.07, 6.45) is 10.8. The zero-order chi connectivity index (χ0) is 22.6. The van der Waals surface area contributed by atoms with E-state index in [1.807, 2.05) is 6.20 Å². The Morgan fingerprint density at radius 2 is 1.82 bits per heavy atom. The van der Waals surface area contributed by atoms with E-state index in [-0.39, 0.29) is 11.8 Å². The van der Waals surface area contributed by atoms with Crippen molar-refractivity contribution in [1.82, 2.24) is 15.2 Å². The van der Waals surface area contributed by atoms with Crippen molar-refractivity contribution in [2.45, 2.75) is 64.3 Å². The van der Waals surface area contributed by atoms with E-state index in [2.05, 4.69) is 22.0 Å². The number of hydrogen-bond acceptors (Lipinski definition) is 6. The van der Waals surface area contributed by atoms with E-state index in [1.54, 1.807) is 0 Å². The number of nitrogens with one attached hydrogen (secondary N) is 1. The third-order valence-electron chi connectivity index (χ3n) is 8.19. The Morgan fingerprint density at radius 3 is 2.58 bits per heavy atom. The molecule has 7 heteroatoms. The molecule has 0 aromatic carbocycles. The molecule has 0 bridgehead atoms. The van der Waals surface area contributed by atoms with Gasteiger partial charge in [-0.2, -0.15) is 0 Å². The van der Waals surface area contributed by atoms with Crippen molar-refractivity contribution < 1.29 is 14.3 Å². The van der Waals surface area contributed by atoms with E-state index in [0.717, 1.165) is 101 Å². The van der Waals surface area contributed by atoms with Gasteiger partial charge in [0.1, 0.15) is 11.6 Å². The number of carbonyl (C=O) groups is 1. The number of amides is 1. The van der Waals surface area contributed by atoms with Crippen LogP contribution in [-0.4, -0.2) is 74.4 Å². The molecule has 0 unspecified atom stereocenters. The van der Waals surface area contributed by atoms with Gasteiger partial charge in [-0.3, -0.25) is 9.69 Å². The number of pyridine rings is 1. The molecule has 4 aliphatic rings. The molecule has 1 N–H and O–H groups in total. The number of nitrogens with zero attached hydrogens (tertiary/aromatic N) is 3. The Morgan fingerprint density at radius 1 is 1.06 bits per heavy atom. The number of ether oxygens (including phenoxy) is 2. The zero-order valence-corrected chi connectivity index (χ0v) is 20.2. The first-order chi connectivity index (χ1) is 16.2. The fourth-order valence-electron chi connectivity index (χ4n) is 6.01. The molecule has 5 rings (SSSR count). The second kappa shape index (κ2) is 10.6. The third-order valence-corrected chi connectivity index (χ3v) is 8.19. The van der Waals surface area contributed by atoms with Gasteiger partial charge in [-0.25, -0.2) is 4.98 Å². The second-order valence-corrected chi connectivity index (χ2v) is 10.4. The fraction of sp³-hybridized carbons (Fsp3) is 0.769. The van der Waals surface area contributed by atoms with Gasteiger partial charge in [-0.05, 0) is 64.3 Å². The van der Waals surface area contributed by atoms with Crippen LogP contribution in [0.4, 0.5) is 5.82 Å². The van der Waals surface area contributed by atoms with Crippen LogP contribution in [0.15, 0.2) is 6.20 Å². The van der Waals surface area contributed by atoms with Gasteiger partial charge in [-0.15, -0.1) is 0 Å². The van der Waals surface area contributed by atoms with Gasteiger partial charge in [-0.1, -0.05) is 0 Å². The molecule has 182 valence electrons. The number of aryl methyl sites for hydroxylation is 1. The lowest BCUT2D eigenvalue weighted by molar-refractivity contribution is -0.128. The summed E-state index contributed by atoms with van der Waals surface area (Å²) in [5.41, 5.74) is 2.46. The van der Waals surface area contributed by atoms with Gasteiger partial charge in [0.2, 0.25) is 5.91 Å². The SMILES string of the molecule is Cc1cnc(N2CCN(CCC3CCC(NC(=O)C4CCOCC4)CC3)CC2)c2c1OCC2. The third kappa shape index (κ3) is 5.46. The van der Waals surface area contributed by atoms with Crippen LogP contribution in [0, 0.1) is 18.8 Å². The maximum absolute atomic E-state index is 12.5. The topological polar surface area (TPSA) is 66.9 Å². The molecule has 1 amide bonds. The van der Waals surface area contributed by atoms with E-state index in [1.165, 1.54) is 31.4 Å². The molecular formula is C26H40N4O3. The number of fused-ring (bicyclic) bond motifs is 1. The van der Waals surface area contributed by atoms with Gasteiger partial charge >= 0.3 is 0 Å². The van der Waals surface area contributed by atoms with Crippen molar-refractivity contribution in [3.63, 3.8) is 0 Å². The fourth-order valence-corrected chi connectivity index (χ4v) is 6.01. The monoisotopic (exact) mass is 456 g/mol. The van der Waals surface area contributed by atoms with Crippen molar-refractivity contribution in [1.29, 1.82) is 0 Å². The lowest BCUT2D eigenvalue weighted by atomic mass is 9.83. The predicted molar refractivity (Wildman–Crippen MR) is 129 cm³/mol. The van der Waals surface area contributed by atoms with Gasteiger partial charge in [0, 0.05) is 75.1 Å². The Balaban J connectivity index is 1.01. The molecule has 2 saturated heterocycles. The minimum Gasteiger partial charge on any atom is -0.492 e. The molecule has 3 fully saturated rings. The van der Waals surface area contributed by atoms with Crippen LogP contribution < -0.4 is 15.0 Å². The van der Waals surface area contributed by atoms with Crippen LogP contribution in [-0.2, 0) is 16.0 Å². The first-order valence-electron chi connectivity index (χ1n) is 13.1. The number of aromatic nitrogens is 1. The molecule has 7 nitrogen and oxygen atoms in total. The first-order valence-corrected chi connectivity index (χ1v) is 13.1. The van der Waals surface area contributed by atoms with E-state index in [4.69, 9.17) is 14.5 Å². The number of hydrogen-bond donors (Lipinski definition) is 1. The van der Waals surface area contributed by atoms with Gasteiger partial charge in [0.25, 0.3) is 0 Å². The molecule has 1 aliphatic carbocycles. The summed E-state index contributed by atoms with van der Waals surface area (Å²) in [6.45, 7) is 9.86. The summed E-state index contributed by atoms with van der Waals surface area (Å²) < 4.78 is 11.2. The van der Waals surface area contributed by atoms with E-state index >= 15 is 0 Å². The van der Waals surface area contributed by atoms with Crippen LogP contribution >= 0.6 is 0 Å². The molecule has 1 aromatic heterocycles. The van der Waals surface area contributed by atoms with E-state index in [9.17, 15) is 4.79 Å². The second-order valence-electron chi connectivity index (χ2n) is 10.4. The summed E-state index contributed by atoms with van der Waals surface area (Å²) in [6, 6.07) is 0.382. The number of piperazine rings is 1. The van der Waals surface area contributed by atoms with Crippen LogP contribution in [0.5, 0.6) is 5.75 Å². The summed E-state index contributed by atoms with van der Waals surface area (Å²) in [4.78, 5) is 22.3. The molecule has 0 radical (unpaired) electrons. The van der Waals surface area contributed by atoms with Crippen molar-refractivity contribution in [3.05, 3.63) is 17.3 Å². The highest BCUT2D eigenvalue weighted by Crippen LogP contribution is 2.35. The van der Waals surface area contributed by atoms with Crippen molar-refractivity contribution in [3.8, 4) is 5.75 Å². The van der Waals surface area contributed by atoms with Crippen molar-refractivity contribution >= 4 is 11.7 Å². The number of carbonyl (C=O) groups excluding carboxylic acids is 1. The highest BCUT2D eigenvalue weighted by Gasteiger charge is 2.28. The molecule has 0 atom stereocenters. The molecule has 1 aromatic rings. The zero-order valence-electron chi connectivity index (χ0n) is 20.2.